The maximum atomic E-state index is 12.0. The molecular formula is C21H26O7. The molecule has 0 spiro atoms. The highest BCUT2D eigenvalue weighted by molar-refractivity contribution is 5.86. The van der Waals surface area contributed by atoms with Crippen LogP contribution in [-0.4, -0.2) is 22.8 Å². The van der Waals surface area contributed by atoms with Gasteiger partial charge in [-0.1, -0.05) is 39.0 Å². The first-order valence-corrected chi connectivity index (χ1v) is 9.49. The molecule has 0 aliphatic heterocycles. The maximum absolute atomic E-state index is 12.0. The van der Waals surface area contributed by atoms with Gasteiger partial charge >= 0.3 is 11.6 Å². The number of carbonyl (C=O) groups is 1. The summed E-state index contributed by atoms with van der Waals surface area (Å²) in [6.07, 6.45) is 11.1. The molecule has 2 N–H and O–H groups in total. The molecule has 0 saturated carbocycles. The number of aliphatic carboxylic acids is 1. The molecule has 0 unspecified atom stereocenters. The first-order chi connectivity index (χ1) is 13.5. The molecule has 0 atom stereocenters. The van der Waals surface area contributed by atoms with Gasteiger partial charge in [0.05, 0.1) is 11.6 Å². The lowest BCUT2D eigenvalue weighted by Gasteiger charge is -2.07. The van der Waals surface area contributed by atoms with Gasteiger partial charge in [0.2, 0.25) is 0 Å². The second-order valence-electron chi connectivity index (χ2n) is 6.45. The van der Waals surface area contributed by atoms with E-state index in [2.05, 4.69) is 6.92 Å². The Balaban J connectivity index is 2.00. The third-order valence-corrected chi connectivity index (χ3v) is 4.18. The average Bonchev–Trinajstić information content (AvgIpc) is 2.67. The van der Waals surface area contributed by atoms with Gasteiger partial charge in [-0.25, -0.2) is 9.59 Å². The van der Waals surface area contributed by atoms with Crippen molar-refractivity contribution < 1.29 is 28.9 Å². The minimum atomic E-state index is -1.12. The lowest BCUT2D eigenvalue weighted by atomic mass is 10.1. The van der Waals surface area contributed by atoms with Gasteiger partial charge in [-0.3, -0.25) is 0 Å². The van der Waals surface area contributed by atoms with Crippen LogP contribution in [-0.2, 0) is 4.79 Å². The van der Waals surface area contributed by atoms with Gasteiger partial charge < -0.3 is 24.1 Å². The number of benzene rings is 1. The van der Waals surface area contributed by atoms with Gasteiger partial charge in [-0.2, -0.15) is 0 Å². The van der Waals surface area contributed by atoms with E-state index >= 15 is 0 Å². The Bertz CT molecular complexity index is 867. The molecule has 0 saturated heterocycles. The highest BCUT2D eigenvalue weighted by Gasteiger charge is 2.16. The molecule has 0 radical (unpaired) electrons. The minimum Gasteiger partial charge on any atom is -0.504 e. The SMILES string of the molecule is CCCCCCCCC=COc1c(O)c2cc(OCC(=O)O)ccc2oc1=O. The first kappa shape index (κ1) is 21.3. The highest BCUT2D eigenvalue weighted by Crippen LogP contribution is 2.33. The van der Waals surface area contributed by atoms with Crippen molar-refractivity contribution in [3.05, 3.63) is 41.0 Å². The summed E-state index contributed by atoms with van der Waals surface area (Å²) in [4.78, 5) is 22.6. The second-order valence-corrected chi connectivity index (χ2v) is 6.45. The number of hydrogen-bond acceptors (Lipinski definition) is 6. The standard InChI is InChI=1S/C21H26O7/c1-2-3-4-5-6-7-8-9-12-26-20-19(24)16-13-15(27-14-18(22)23)10-11-17(16)28-21(20)25/h9-13,24H,2-8,14H2,1H3,(H,22,23). The third-order valence-electron chi connectivity index (χ3n) is 4.18. The van der Waals surface area contributed by atoms with Crippen molar-refractivity contribution in [2.45, 2.75) is 51.9 Å². The summed E-state index contributed by atoms with van der Waals surface area (Å²) in [6.45, 7) is 1.66. The molecule has 1 aromatic carbocycles. The summed E-state index contributed by atoms with van der Waals surface area (Å²) in [5, 5.41) is 19.2. The molecule has 0 aliphatic rings. The van der Waals surface area contributed by atoms with Gasteiger partial charge in [0, 0.05) is 0 Å². The van der Waals surface area contributed by atoms with Crippen molar-refractivity contribution in [1.82, 2.24) is 0 Å². The largest absolute Gasteiger partial charge is 0.504 e. The average molecular weight is 390 g/mol. The number of ether oxygens (including phenoxy) is 2. The molecule has 2 aromatic rings. The smallest absolute Gasteiger partial charge is 0.383 e. The second kappa shape index (κ2) is 11.0. The van der Waals surface area contributed by atoms with Crippen molar-refractivity contribution in [3.63, 3.8) is 0 Å². The van der Waals surface area contributed by atoms with Gasteiger partial charge in [0.15, 0.2) is 12.4 Å². The Morgan fingerprint density at radius 2 is 1.93 bits per heavy atom. The Kier molecular flexibility index (Phi) is 8.39. The van der Waals surface area contributed by atoms with Crippen LogP contribution in [0.3, 0.4) is 0 Å². The summed E-state index contributed by atoms with van der Waals surface area (Å²) in [5.74, 6) is -1.59. The number of fused-ring (bicyclic) bond motifs is 1. The summed E-state index contributed by atoms with van der Waals surface area (Å²) in [6, 6.07) is 4.27. The lowest BCUT2D eigenvalue weighted by Crippen LogP contribution is -2.09. The van der Waals surface area contributed by atoms with E-state index in [4.69, 9.17) is 19.0 Å². The molecule has 7 nitrogen and oxygen atoms in total. The quantitative estimate of drug-likeness (QED) is 0.310. The summed E-state index contributed by atoms with van der Waals surface area (Å²) in [5.41, 5.74) is -0.651. The minimum absolute atomic E-state index is 0.147. The van der Waals surface area contributed by atoms with E-state index in [1.54, 1.807) is 6.08 Å². The van der Waals surface area contributed by atoms with Crippen molar-refractivity contribution in [2.75, 3.05) is 6.61 Å². The summed E-state index contributed by atoms with van der Waals surface area (Å²) >= 11 is 0. The van der Waals surface area contributed by atoms with E-state index in [1.165, 1.54) is 50.1 Å². The topological polar surface area (TPSA) is 106 Å². The third kappa shape index (κ3) is 6.33. The monoisotopic (exact) mass is 390 g/mol. The van der Waals surface area contributed by atoms with Crippen LogP contribution in [0.1, 0.15) is 51.9 Å². The molecule has 28 heavy (non-hydrogen) atoms. The normalized spacial score (nSPS) is 11.2. The van der Waals surface area contributed by atoms with E-state index in [-0.39, 0.29) is 28.2 Å². The molecule has 0 amide bonds. The van der Waals surface area contributed by atoms with Crippen LogP contribution in [0.4, 0.5) is 0 Å². The van der Waals surface area contributed by atoms with Gasteiger partial charge in [0.1, 0.15) is 11.3 Å². The fraction of sp³-hybridized carbons (Fsp3) is 0.429. The zero-order valence-electron chi connectivity index (χ0n) is 16.0. The Morgan fingerprint density at radius 1 is 1.18 bits per heavy atom. The Labute approximate surface area is 163 Å². The molecule has 152 valence electrons. The molecule has 7 heteroatoms. The zero-order valence-corrected chi connectivity index (χ0v) is 16.0. The first-order valence-electron chi connectivity index (χ1n) is 9.49. The van der Waals surface area contributed by atoms with Crippen LogP contribution in [0.15, 0.2) is 39.7 Å². The Hall–Kier alpha value is -2.96. The number of carboxylic acid groups (broad SMARTS) is 1. The number of allylic oxidation sites excluding steroid dienone is 1. The maximum Gasteiger partial charge on any atom is 0.383 e. The van der Waals surface area contributed by atoms with Crippen molar-refractivity contribution >= 4 is 16.9 Å². The summed E-state index contributed by atoms with van der Waals surface area (Å²) < 4.78 is 15.5. The number of rotatable bonds is 12. The number of unbranched alkanes of at least 4 members (excludes halogenated alkanes) is 6. The van der Waals surface area contributed by atoms with E-state index in [0.29, 0.717) is 0 Å². The zero-order chi connectivity index (χ0) is 20.4. The van der Waals surface area contributed by atoms with Crippen LogP contribution in [0.5, 0.6) is 17.2 Å². The molecule has 0 bridgehead atoms. The number of carboxylic acids is 1. The molecule has 2 rings (SSSR count). The van der Waals surface area contributed by atoms with Crippen LogP contribution in [0, 0.1) is 0 Å². The predicted octanol–water partition coefficient (Wildman–Crippen LogP) is 4.61. The molecule has 1 aromatic heterocycles. The van der Waals surface area contributed by atoms with Crippen molar-refractivity contribution in [1.29, 1.82) is 0 Å². The van der Waals surface area contributed by atoms with E-state index in [1.807, 2.05) is 0 Å². The fourth-order valence-electron chi connectivity index (χ4n) is 2.71. The van der Waals surface area contributed by atoms with Gasteiger partial charge in [-0.15, -0.1) is 0 Å². The number of hydrogen-bond donors (Lipinski definition) is 2. The molecule has 0 aliphatic carbocycles. The lowest BCUT2D eigenvalue weighted by molar-refractivity contribution is -0.139. The van der Waals surface area contributed by atoms with Crippen LogP contribution in [0.25, 0.3) is 11.0 Å². The van der Waals surface area contributed by atoms with Crippen molar-refractivity contribution in [2.24, 2.45) is 0 Å². The van der Waals surface area contributed by atoms with Gasteiger partial charge in [0.25, 0.3) is 5.75 Å². The van der Waals surface area contributed by atoms with E-state index < -0.39 is 18.2 Å². The molecule has 1 heterocycles. The Morgan fingerprint density at radius 3 is 2.68 bits per heavy atom. The van der Waals surface area contributed by atoms with Crippen LogP contribution < -0.4 is 15.1 Å². The van der Waals surface area contributed by atoms with Crippen molar-refractivity contribution in [3.8, 4) is 17.2 Å². The van der Waals surface area contributed by atoms with Gasteiger partial charge in [-0.05, 0) is 37.1 Å². The highest BCUT2D eigenvalue weighted by atomic mass is 16.5. The van der Waals surface area contributed by atoms with E-state index in [9.17, 15) is 14.7 Å². The van der Waals surface area contributed by atoms with Crippen LogP contribution >= 0.6 is 0 Å². The fourth-order valence-corrected chi connectivity index (χ4v) is 2.71. The predicted molar refractivity (Wildman–Crippen MR) is 105 cm³/mol. The van der Waals surface area contributed by atoms with Crippen LogP contribution in [0.2, 0.25) is 0 Å². The molecule has 0 fully saturated rings. The summed E-state index contributed by atoms with van der Waals surface area (Å²) in [7, 11) is 0. The molecular weight excluding hydrogens is 364 g/mol. The number of aromatic hydroxyl groups is 1. The van der Waals surface area contributed by atoms with E-state index in [0.717, 1.165) is 19.3 Å².